The van der Waals surface area contributed by atoms with Crippen molar-refractivity contribution >= 4 is 5.57 Å². The summed E-state index contributed by atoms with van der Waals surface area (Å²) in [6.45, 7) is 2.05. The summed E-state index contributed by atoms with van der Waals surface area (Å²) in [4.78, 5) is 0. The fourth-order valence-electron chi connectivity index (χ4n) is 4.50. The number of ether oxygens (including phenoxy) is 1. The van der Waals surface area contributed by atoms with Crippen LogP contribution in [0.3, 0.4) is 0 Å². The molecule has 36 heavy (non-hydrogen) atoms. The Balaban J connectivity index is 1.59. The average Bonchev–Trinajstić information content (AvgIpc) is 2.80. The topological polar surface area (TPSA) is 9.23 Å². The second-order valence-electron chi connectivity index (χ2n) is 8.76. The third-order valence-electron chi connectivity index (χ3n) is 6.23. The molecule has 1 aliphatic carbocycles. The molecule has 0 radical (unpaired) electrons. The van der Waals surface area contributed by atoms with Gasteiger partial charge in [0.1, 0.15) is 17.5 Å². The van der Waals surface area contributed by atoms with Crippen LogP contribution in [0.5, 0.6) is 5.75 Å². The lowest BCUT2D eigenvalue weighted by molar-refractivity contribution is -0.275. The standard InChI is InChI=1S/C28H23F7O/c1-2-3-4-5-16-12-23(30)26(24(31)13-16)19-7-10-20-17(14-19)6-9-21(27(20)32)18-8-11-25(22(29)15-18)36-28(33,34)35/h6-9,11-13,15H,2-5,10,14H2,1H3. The highest BCUT2D eigenvalue weighted by Gasteiger charge is 2.32. The van der Waals surface area contributed by atoms with E-state index in [0.29, 0.717) is 23.1 Å². The van der Waals surface area contributed by atoms with Crippen LogP contribution in [-0.2, 0) is 19.3 Å². The number of allylic oxidation sites excluding steroid dienone is 2. The molecule has 0 bridgehead atoms. The summed E-state index contributed by atoms with van der Waals surface area (Å²) in [6.07, 6.45) is 0.0582. The maximum atomic E-state index is 15.3. The summed E-state index contributed by atoms with van der Waals surface area (Å²) < 4.78 is 99.9. The number of alkyl halides is 3. The van der Waals surface area contributed by atoms with Gasteiger partial charge in [-0.05, 0) is 77.8 Å². The highest BCUT2D eigenvalue weighted by molar-refractivity contribution is 5.74. The molecule has 0 atom stereocenters. The summed E-state index contributed by atoms with van der Waals surface area (Å²) >= 11 is 0. The highest BCUT2D eigenvalue weighted by Crippen LogP contribution is 2.37. The maximum absolute atomic E-state index is 15.3. The second kappa shape index (κ2) is 10.4. The van der Waals surface area contributed by atoms with Gasteiger partial charge >= 0.3 is 6.36 Å². The minimum atomic E-state index is -5.06. The summed E-state index contributed by atoms with van der Waals surface area (Å²) in [6, 6.07) is 8.32. The molecule has 4 rings (SSSR count). The largest absolute Gasteiger partial charge is 0.573 e. The molecule has 0 saturated carbocycles. The van der Waals surface area contributed by atoms with Gasteiger partial charge in [0.25, 0.3) is 0 Å². The number of unbranched alkanes of at least 4 members (excludes halogenated alkanes) is 2. The van der Waals surface area contributed by atoms with Gasteiger partial charge in [0.2, 0.25) is 0 Å². The molecular formula is C28H23F7O. The van der Waals surface area contributed by atoms with Crippen molar-refractivity contribution in [3.05, 3.63) is 94.1 Å². The van der Waals surface area contributed by atoms with Gasteiger partial charge in [-0.3, -0.25) is 0 Å². The Morgan fingerprint density at radius 1 is 0.861 bits per heavy atom. The lowest BCUT2D eigenvalue weighted by Crippen LogP contribution is -2.17. The minimum absolute atomic E-state index is 0.00291. The first kappa shape index (κ1) is 25.8. The summed E-state index contributed by atoms with van der Waals surface area (Å²) in [5.41, 5.74) is 1.70. The third-order valence-corrected chi connectivity index (χ3v) is 6.23. The molecule has 0 aromatic heterocycles. The van der Waals surface area contributed by atoms with E-state index >= 15 is 4.39 Å². The van der Waals surface area contributed by atoms with Crippen molar-refractivity contribution in [2.75, 3.05) is 0 Å². The number of fused-ring (bicyclic) bond motifs is 1. The van der Waals surface area contributed by atoms with E-state index < -0.39 is 35.4 Å². The molecule has 3 aromatic rings. The molecule has 0 N–H and O–H groups in total. The number of benzene rings is 3. The summed E-state index contributed by atoms with van der Waals surface area (Å²) in [5.74, 6) is -4.29. The monoisotopic (exact) mass is 508 g/mol. The van der Waals surface area contributed by atoms with E-state index in [0.717, 1.165) is 37.5 Å². The maximum Gasteiger partial charge on any atom is 0.573 e. The number of aryl methyl sites for hydroxylation is 1. The molecule has 1 aliphatic rings. The third kappa shape index (κ3) is 5.58. The second-order valence-corrected chi connectivity index (χ2v) is 8.76. The van der Waals surface area contributed by atoms with Crippen LogP contribution in [0.2, 0.25) is 0 Å². The Morgan fingerprint density at radius 3 is 2.22 bits per heavy atom. The zero-order chi connectivity index (χ0) is 26.0. The Bertz CT molecular complexity index is 1280. The summed E-state index contributed by atoms with van der Waals surface area (Å²) in [7, 11) is 0. The van der Waals surface area contributed by atoms with Gasteiger partial charge in [-0.25, -0.2) is 17.6 Å². The van der Waals surface area contributed by atoms with E-state index in [9.17, 15) is 26.3 Å². The van der Waals surface area contributed by atoms with Crippen molar-refractivity contribution in [3.63, 3.8) is 0 Å². The normalized spacial score (nSPS) is 13.4. The van der Waals surface area contributed by atoms with Crippen LogP contribution in [0.25, 0.3) is 16.7 Å². The smallest absolute Gasteiger partial charge is 0.403 e. The van der Waals surface area contributed by atoms with Gasteiger partial charge in [-0.2, -0.15) is 0 Å². The van der Waals surface area contributed by atoms with Gasteiger partial charge < -0.3 is 4.74 Å². The van der Waals surface area contributed by atoms with Crippen molar-refractivity contribution in [1.82, 2.24) is 0 Å². The Labute approximate surface area is 204 Å². The first-order chi connectivity index (χ1) is 17.1. The number of halogens is 7. The fraction of sp³-hybridized carbons (Fsp3) is 0.286. The van der Waals surface area contributed by atoms with Gasteiger partial charge in [-0.15, -0.1) is 13.2 Å². The molecule has 190 valence electrons. The van der Waals surface area contributed by atoms with Gasteiger partial charge in [0.05, 0.1) is 0 Å². The minimum Gasteiger partial charge on any atom is -0.403 e. The molecule has 0 saturated heterocycles. The van der Waals surface area contributed by atoms with Crippen molar-refractivity contribution in [2.45, 2.75) is 51.8 Å². The highest BCUT2D eigenvalue weighted by atomic mass is 19.4. The number of rotatable bonds is 7. The van der Waals surface area contributed by atoms with Crippen LogP contribution < -0.4 is 4.74 Å². The van der Waals surface area contributed by atoms with Crippen molar-refractivity contribution in [2.24, 2.45) is 0 Å². The Hall–Kier alpha value is -3.29. The van der Waals surface area contributed by atoms with E-state index in [1.807, 2.05) is 6.92 Å². The fourth-order valence-corrected chi connectivity index (χ4v) is 4.50. The van der Waals surface area contributed by atoms with Gasteiger partial charge in [0.15, 0.2) is 11.6 Å². The van der Waals surface area contributed by atoms with Crippen molar-refractivity contribution in [1.29, 1.82) is 0 Å². The first-order valence-corrected chi connectivity index (χ1v) is 11.6. The molecular weight excluding hydrogens is 485 g/mol. The lowest BCUT2D eigenvalue weighted by atomic mass is 9.85. The molecule has 0 unspecified atom stereocenters. The average molecular weight is 508 g/mol. The van der Waals surface area contributed by atoms with Crippen molar-refractivity contribution < 1.29 is 35.5 Å². The van der Waals surface area contributed by atoms with Gasteiger partial charge in [0, 0.05) is 11.1 Å². The van der Waals surface area contributed by atoms with Crippen LogP contribution in [0.4, 0.5) is 30.7 Å². The predicted molar refractivity (Wildman–Crippen MR) is 123 cm³/mol. The Morgan fingerprint density at radius 2 is 1.58 bits per heavy atom. The molecule has 8 heteroatoms. The molecule has 1 nitrogen and oxygen atoms in total. The van der Waals surface area contributed by atoms with Gasteiger partial charge in [-0.1, -0.05) is 44.0 Å². The lowest BCUT2D eigenvalue weighted by Gasteiger charge is -2.21. The van der Waals surface area contributed by atoms with Crippen LogP contribution in [0.1, 0.15) is 48.4 Å². The van der Waals surface area contributed by atoms with Crippen molar-refractivity contribution in [3.8, 4) is 16.9 Å². The SMILES string of the molecule is CCCCCc1cc(F)c(C2=CCc3c(ccc(-c4ccc(OC(F)(F)F)c(F)c4)c3F)C2)c(F)c1. The number of hydrogen-bond acceptors (Lipinski definition) is 1. The van der Waals surface area contributed by atoms with Crippen LogP contribution in [-0.4, -0.2) is 6.36 Å². The van der Waals surface area contributed by atoms with Crippen LogP contribution >= 0.6 is 0 Å². The number of hydrogen-bond donors (Lipinski definition) is 0. The van der Waals surface area contributed by atoms with E-state index in [1.54, 1.807) is 12.1 Å². The van der Waals surface area contributed by atoms with E-state index in [2.05, 4.69) is 4.74 Å². The van der Waals surface area contributed by atoms with E-state index in [1.165, 1.54) is 18.2 Å². The predicted octanol–water partition coefficient (Wildman–Crippen LogP) is 8.72. The van der Waals surface area contributed by atoms with Crippen LogP contribution in [0.15, 0.2) is 48.5 Å². The molecule has 3 aromatic carbocycles. The zero-order valence-electron chi connectivity index (χ0n) is 19.4. The molecule has 0 amide bonds. The molecule has 0 heterocycles. The first-order valence-electron chi connectivity index (χ1n) is 11.6. The molecule has 0 fully saturated rings. The van der Waals surface area contributed by atoms with E-state index in [-0.39, 0.29) is 35.1 Å². The Kier molecular flexibility index (Phi) is 7.43. The van der Waals surface area contributed by atoms with Crippen LogP contribution in [0, 0.1) is 23.3 Å². The van der Waals surface area contributed by atoms with E-state index in [4.69, 9.17) is 0 Å². The quantitative estimate of drug-likeness (QED) is 0.229. The molecule has 0 spiro atoms. The molecule has 0 aliphatic heterocycles. The zero-order valence-corrected chi connectivity index (χ0v) is 19.4. The summed E-state index contributed by atoms with van der Waals surface area (Å²) in [5, 5.41) is 0.